The highest BCUT2D eigenvalue weighted by Gasteiger charge is 2.33. The second-order valence-electron chi connectivity index (χ2n) is 3.61. The van der Waals surface area contributed by atoms with Crippen LogP contribution in [0.4, 0.5) is 0 Å². The molecule has 2 rings (SSSR count). The summed E-state index contributed by atoms with van der Waals surface area (Å²) >= 11 is 16.5. The van der Waals surface area contributed by atoms with Crippen molar-refractivity contribution in [2.24, 2.45) is 0 Å². The Bertz CT molecular complexity index is 548. The van der Waals surface area contributed by atoms with Gasteiger partial charge in [0.05, 0.1) is 12.7 Å². The van der Waals surface area contributed by atoms with E-state index in [0.717, 1.165) is 5.56 Å². The predicted octanol–water partition coefficient (Wildman–Crippen LogP) is 2.88. The number of nitrogens with zero attached hydrogens (tertiary/aromatic N) is 3. The number of rotatable bonds is 3. The standard InChI is InChI=1S/C11H8Cl3N3O/c12-11(13,14)10(18)9-7-17(16-15-9)6-8-4-2-1-3-5-8/h1-5,7H,6H2. The number of Topliss-reactive ketones (excluding diaryl/α,β-unsaturated/α-hetero) is 1. The van der Waals surface area contributed by atoms with Gasteiger partial charge in [0.2, 0.25) is 5.78 Å². The molecule has 0 radical (unpaired) electrons. The Morgan fingerprint density at radius 3 is 2.50 bits per heavy atom. The Kier molecular flexibility index (Phi) is 3.90. The van der Waals surface area contributed by atoms with Crippen LogP contribution in [0.1, 0.15) is 16.1 Å². The van der Waals surface area contributed by atoms with Crippen molar-refractivity contribution in [3.8, 4) is 0 Å². The zero-order valence-electron chi connectivity index (χ0n) is 9.05. The first-order chi connectivity index (χ1) is 8.47. The molecule has 0 N–H and O–H groups in total. The molecule has 0 bridgehead atoms. The largest absolute Gasteiger partial charge is 0.287 e. The number of benzene rings is 1. The first-order valence-electron chi connectivity index (χ1n) is 5.02. The Hall–Kier alpha value is -1.10. The Morgan fingerprint density at radius 2 is 1.89 bits per heavy atom. The minimum atomic E-state index is -2.01. The summed E-state index contributed by atoms with van der Waals surface area (Å²) in [4.78, 5) is 11.6. The van der Waals surface area contributed by atoms with E-state index in [1.54, 1.807) is 0 Å². The minimum Gasteiger partial charge on any atom is -0.287 e. The molecular weight excluding hydrogens is 296 g/mol. The number of alkyl halides is 3. The number of hydrogen-bond donors (Lipinski definition) is 0. The molecule has 1 aromatic heterocycles. The average molecular weight is 305 g/mol. The second-order valence-corrected chi connectivity index (χ2v) is 5.90. The smallest absolute Gasteiger partial charge is 0.255 e. The van der Waals surface area contributed by atoms with Gasteiger partial charge in [0.25, 0.3) is 3.79 Å². The van der Waals surface area contributed by atoms with Gasteiger partial charge in [-0.25, -0.2) is 4.68 Å². The van der Waals surface area contributed by atoms with Crippen LogP contribution in [-0.2, 0) is 6.54 Å². The van der Waals surface area contributed by atoms with Gasteiger partial charge in [-0.1, -0.05) is 70.3 Å². The number of ketones is 1. The zero-order chi connectivity index (χ0) is 13.2. The molecule has 7 heteroatoms. The monoisotopic (exact) mass is 303 g/mol. The third-order valence-corrected chi connectivity index (χ3v) is 2.73. The van der Waals surface area contributed by atoms with E-state index >= 15 is 0 Å². The molecule has 2 aromatic rings. The summed E-state index contributed by atoms with van der Waals surface area (Å²) < 4.78 is -0.493. The van der Waals surface area contributed by atoms with Gasteiger partial charge >= 0.3 is 0 Å². The van der Waals surface area contributed by atoms with E-state index in [-0.39, 0.29) is 5.69 Å². The molecule has 0 aliphatic heterocycles. The van der Waals surface area contributed by atoms with Crippen LogP contribution in [0.15, 0.2) is 36.5 Å². The summed E-state index contributed by atoms with van der Waals surface area (Å²) in [6, 6.07) is 9.64. The van der Waals surface area contributed by atoms with Crippen molar-refractivity contribution < 1.29 is 4.79 Å². The van der Waals surface area contributed by atoms with Crippen molar-refractivity contribution in [2.75, 3.05) is 0 Å². The summed E-state index contributed by atoms with van der Waals surface area (Å²) in [6.07, 6.45) is 1.46. The number of aromatic nitrogens is 3. The van der Waals surface area contributed by atoms with Crippen LogP contribution >= 0.6 is 34.8 Å². The lowest BCUT2D eigenvalue weighted by Crippen LogP contribution is -2.19. The molecular formula is C11H8Cl3N3O. The lowest BCUT2D eigenvalue weighted by atomic mass is 10.2. The maximum absolute atomic E-state index is 11.6. The molecule has 4 nitrogen and oxygen atoms in total. The van der Waals surface area contributed by atoms with Crippen molar-refractivity contribution in [1.29, 1.82) is 0 Å². The molecule has 0 saturated heterocycles. The van der Waals surface area contributed by atoms with Crippen LogP contribution in [0.25, 0.3) is 0 Å². The van der Waals surface area contributed by atoms with Crippen molar-refractivity contribution in [1.82, 2.24) is 15.0 Å². The SMILES string of the molecule is O=C(c1cn(Cc2ccccc2)nn1)C(Cl)(Cl)Cl. The van der Waals surface area contributed by atoms with E-state index < -0.39 is 9.58 Å². The molecule has 0 unspecified atom stereocenters. The van der Waals surface area contributed by atoms with Gasteiger partial charge in [0.1, 0.15) is 0 Å². The summed E-state index contributed by atoms with van der Waals surface area (Å²) in [7, 11) is 0. The van der Waals surface area contributed by atoms with Gasteiger partial charge in [-0.15, -0.1) is 5.10 Å². The van der Waals surface area contributed by atoms with Crippen LogP contribution in [0.2, 0.25) is 0 Å². The fraction of sp³-hybridized carbons (Fsp3) is 0.182. The van der Waals surface area contributed by atoms with Crippen molar-refractivity contribution in [3.63, 3.8) is 0 Å². The van der Waals surface area contributed by atoms with E-state index in [1.165, 1.54) is 10.9 Å². The third-order valence-electron chi connectivity index (χ3n) is 2.22. The Morgan fingerprint density at radius 1 is 1.22 bits per heavy atom. The molecule has 1 aromatic carbocycles. The molecule has 0 spiro atoms. The molecule has 0 atom stereocenters. The molecule has 0 aliphatic rings. The van der Waals surface area contributed by atoms with E-state index in [9.17, 15) is 4.79 Å². The van der Waals surface area contributed by atoms with Gasteiger partial charge in [0.15, 0.2) is 5.69 Å². The van der Waals surface area contributed by atoms with Crippen LogP contribution < -0.4 is 0 Å². The fourth-order valence-corrected chi connectivity index (χ4v) is 1.69. The molecule has 0 saturated carbocycles. The number of carbonyl (C=O) groups excluding carboxylic acids is 1. The number of hydrogen-bond acceptors (Lipinski definition) is 3. The Labute approximate surface area is 118 Å². The summed E-state index contributed by atoms with van der Waals surface area (Å²) in [5.41, 5.74) is 1.07. The van der Waals surface area contributed by atoms with Crippen LogP contribution in [0.3, 0.4) is 0 Å². The van der Waals surface area contributed by atoms with Gasteiger partial charge in [-0.2, -0.15) is 0 Å². The fourth-order valence-electron chi connectivity index (χ4n) is 1.40. The van der Waals surface area contributed by atoms with Gasteiger partial charge in [-0.05, 0) is 5.56 Å². The number of halogens is 3. The average Bonchev–Trinajstić information content (AvgIpc) is 2.76. The highest BCUT2D eigenvalue weighted by molar-refractivity contribution is 6.77. The molecule has 94 valence electrons. The maximum atomic E-state index is 11.6. The lowest BCUT2D eigenvalue weighted by Gasteiger charge is -2.05. The van der Waals surface area contributed by atoms with Crippen LogP contribution in [-0.4, -0.2) is 24.6 Å². The normalized spacial score (nSPS) is 11.5. The topological polar surface area (TPSA) is 47.8 Å². The van der Waals surface area contributed by atoms with Crippen molar-refractivity contribution in [3.05, 3.63) is 47.8 Å². The summed E-state index contributed by atoms with van der Waals surface area (Å²) in [6.45, 7) is 0.501. The van der Waals surface area contributed by atoms with Crippen molar-refractivity contribution >= 4 is 40.6 Å². The van der Waals surface area contributed by atoms with Gasteiger partial charge in [0, 0.05) is 0 Å². The molecule has 0 aliphatic carbocycles. The Balaban J connectivity index is 2.14. The quantitative estimate of drug-likeness (QED) is 0.647. The van der Waals surface area contributed by atoms with E-state index in [1.807, 2.05) is 30.3 Å². The molecule has 1 heterocycles. The van der Waals surface area contributed by atoms with Crippen LogP contribution in [0, 0.1) is 0 Å². The molecule has 0 fully saturated rings. The third kappa shape index (κ3) is 3.22. The highest BCUT2D eigenvalue weighted by atomic mass is 35.6. The van der Waals surface area contributed by atoms with Crippen LogP contribution in [0.5, 0.6) is 0 Å². The maximum Gasteiger partial charge on any atom is 0.255 e. The number of carbonyl (C=O) groups is 1. The lowest BCUT2D eigenvalue weighted by molar-refractivity contribution is 0.0991. The zero-order valence-corrected chi connectivity index (χ0v) is 11.3. The van der Waals surface area contributed by atoms with E-state index in [4.69, 9.17) is 34.8 Å². The molecule has 0 amide bonds. The van der Waals surface area contributed by atoms with Gasteiger partial charge in [-0.3, -0.25) is 4.79 Å². The predicted molar refractivity (Wildman–Crippen MR) is 70.2 cm³/mol. The van der Waals surface area contributed by atoms with E-state index in [0.29, 0.717) is 6.54 Å². The minimum absolute atomic E-state index is 0.0333. The van der Waals surface area contributed by atoms with E-state index in [2.05, 4.69) is 10.3 Å². The first kappa shape index (κ1) is 13.3. The molecule has 18 heavy (non-hydrogen) atoms. The summed E-state index contributed by atoms with van der Waals surface area (Å²) in [5, 5.41) is 7.50. The summed E-state index contributed by atoms with van der Waals surface area (Å²) in [5.74, 6) is -0.688. The van der Waals surface area contributed by atoms with Gasteiger partial charge < -0.3 is 0 Å². The second kappa shape index (κ2) is 5.26. The van der Waals surface area contributed by atoms with Crippen molar-refractivity contribution in [2.45, 2.75) is 10.3 Å². The first-order valence-corrected chi connectivity index (χ1v) is 6.16. The highest BCUT2D eigenvalue weighted by Crippen LogP contribution is 2.29.